The standard InChI is InChI=1S/C8H11ClN2O3S.3C8H13N3O3S.C8H12N2O.C7H12O4.C7H16O3S.C5H12O2.C4H5NO.CH4.H3N.H2O/c4*1-2-6-4-11-8(14-5-6)7(3-10-11)15(9,12)13;1-2-7-5-10-8(11-6-7)3-4-9-10;1-4-5(6(8)10-2)7(9)11-3;1-4-7(5-2)6-10-11(3,8)9;1-2-5(3-6)4-7;6-4-1-2-5-3-4;;;/h3,6H,2,4-5H2,1H3;3*3,6H,2,4-5H2,1H3,(H2,9,12,13);3-4,7H,2,5-6H2,1H3;5H,4H2,1-3H3;7H,4-6H2,1-3H3;5-7H,2-4H2,1H3;1-2,5H,3H2;1H4;1H3;1H2/t;2*6-;;;;;;;;;/m.10........./s1. The lowest BCUT2D eigenvalue weighted by molar-refractivity contribution is -0.158. The molecule has 0 saturated heterocycles. The van der Waals surface area contributed by atoms with Crippen LogP contribution in [0.25, 0.3) is 0 Å². The Balaban J connectivity index is 0.00000121. The lowest BCUT2D eigenvalue weighted by Gasteiger charge is -2.23. The summed E-state index contributed by atoms with van der Waals surface area (Å²) in [6.45, 7) is 25.8. The second-order valence-electron chi connectivity index (χ2n) is 24.8. The molecule has 5 aromatic rings. The van der Waals surface area contributed by atoms with E-state index in [0.29, 0.717) is 108 Å². The van der Waals surface area contributed by atoms with Gasteiger partial charge in [0.05, 0.1) is 130 Å². The lowest BCUT2D eigenvalue weighted by atomic mass is 10.1. The zero-order chi connectivity index (χ0) is 79.8. The van der Waals surface area contributed by atoms with Crippen LogP contribution in [0, 0.1) is 47.3 Å². The molecule has 0 fully saturated rings. The minimum Gasteiger partial charge on any atom is -0.477 e. The number of ketones is 1. The number of aromatic nitrogens is 10. The fourth-order valence-corrected chi connectivity index (χ4v) is 12.8. The van der Waals surface area contributed by atoms with Gasteiger partial charge >= 0.3 is 11.9 Å². The first-order chi connectivity index (χ1) is 49.9. The molecule has 0 aromatic carbocycles. The third kappa shape index (κ3) is 33.8. The number of nitrogens with two attached hydrogens (primary N) is 3. The number of nitrogens with one attached hydrogen (secondary N) is 1. The minimum absolute atomic E-state index is 0. The Morgan fingerprint density at radius 2 is 0.862 bits per heavy atom. The van der Waals surface area contributed by atoms with Crippen LogP contribution in [0.1, 0.15) is 128 Å². The summed E-state index contributed by atoms with van der Waals surface area (Å²) in [7, 11) is -10.5. The molecule has 109 heavy (non-hydrogen) atoms. The molecule has 0 spiro atoms. The number of ether oxygens (including phenoxy) is 7. The van der Waals surface area contributed by atoms with Crippen LogP contribution in [0.3, 0.4) is 0 Å². The Bertz CT molecular complexity index is 3770. The third-order valence-corrected chi connectivity index (χ3v) is 21.6. The van der Waals surface area contributed by atoms with Crippen molar-refractivity contribution in [1.82, 2.24) is 60.4 Å². The van der Waals surface area contributed by atoms with E-state index in [0.717, 1.165) is 70.2 Å². The zero-order valence-corrected chi connectivity index (χ0v) is 68.1. The minimum atomic E-state index is -3.76. The molecule has 5 atom stereocenters. The first-order valence-electron chi connectivity index (χ1n) is 34.4. The van der Waals surface area contributed by atoms with Crippen molar-refractivity contribution in [2.45, 2.75) is 180 Å². The van der Waals surface area contributed by atoms with Crippen LogP contribution >= 0.6 is 10.7 Å². The normalized spacial score (nSPS) is 17.6. The van der Waals surface area contributed by atoms with E-state index in [4.69, 9.17) is 60.0 Å². The van der Waals surface area contributed by atoms with Crippen LogP contribution in [0.15, 0.2) is 68.9 Å². The number of carbonyl (C=O) groups excluding carboxylic acids is 3. The molecule has 3 unspecified atom stereocenters. The van der Waals surface area contributed by atoms with E-state index in [1.165, 1.54) is 51.5 Å². The largest absolute Gasteiger partial charge is 0.477 e. The Morgan fingerprint density at radius 3 is 1.10 bits per heavy atom. The number of aliphatic hydroxyl groups is 2. The van der Waals surface area contributed by atoms with E-state index in [2.05, 4.69) is 79.1 Å². The van der Waals surface area contributed by atoms with Gasteiger partial charge in [0.15, 0.2) is 31.3 Å². The number of sulfonamides is 3. The van der Waals surface area contributed by atoms with Crippen LogP contribution in [0.2, 0.25) is 0 Å². The predicted molar refractivity (Wildman–Crippen MR) is 403 cm³/mol. The zero-order valence-electron chi connectivity index (χ0n) is 63.3. The smallest absolute Gasteiger partial charge is 0.320 e. The molecule has 6 aliphatic heterocycles. The quantitative estimate of drug-likeness (QED) is 0.0252. The number of aliphatic hydroxyl groups excluding tert-OH is 2. The maximum Gasteiger partial charge on any atom is 0.320 e. The highest BCUT2D eigenvalue weighted by atomic mass is 35.7. The highest BCUT2D eigenvalue weighted by molar-refractivity contribution is 8.13. The van der Waals surface area contributed by atoms with E-state index >= 15 is 0 Å². The maximum absolute atomic E-state index is 11.2. The van der Waals surface area contributed by atoms with Gasteiger partial charge in [-0.15, -0.1) is 0 Å². The molecule has 0 radical (unpaired) electrons. The number of hydrogen-bond acceptors (Lipinski definition) is 30. The second kappa shape index (κ2) is 49.3. The van der Waals surface area contributed by atoms with Gasteiger partial charge in [-0.1, -0.05) is 82.6 Å². The number of esters is 2. The average Bonchev–Trinajstić information content (AvgIpc) is 1.68. The Hall–Kier alpha value is -7.08. The molecule has 0 bridgehead atoms. The topological polar surface area (TPSA) is 582 Å². The highest BCUT2D eigenvalue weighted by Crippen LogP contribution is 2.33. The van der Waals surface area contributed by atoms with Crippen molar-refractivity contribution < 1.29 is 110 Å². The molecular weight excluding hydrogens is 1560 g/mol. The fourth-order valence-electron chi connectivity index (χ4n) is 9.72. The summed E-state index contributed by atoms with van der Waals surface area (Å²) in [5, 5.41) is 54.5. The predicted octanol–water partition coefficient (Wildman–Crippen LogP) is 3.78. The molecule has 628 valence electrons. The van der Waals surface area contributed by atoms with Crippen LogP contribution < -0.4 is 50.6 Å². The van der Waals surface area contributed by atoms with Crippen LogP contribution in [0.4, 0.5) is 0 Å². The molecule has 39 nitrogen and oxygen atoms in total. The Kier molecular flexibility index (Phi) is 46.1. The number of carbonyl (C=O) groups is 3. The molecule has 11 heterocycles. The molecule has 0 amide bonds. The number of hydrogen-bond donors (Lipinski definition) is 7. The Labute approximate surface area is 645 Å². The highest BCUT2D eigenvalue weighted by Gasteiger charge is 2.32. The van der Waals surface area contributed by atoms with Gasteiger partial charge in [-0.05, 0) is 56.9 Å². The van der Waals surface area contributed by atoms with Gasteiger partial charge in [0, 0.05) is 71.7 Å². The lowest BCUT2D eigenvalue weighted by Crippen LogP contribution is -2.26. The van der Waals surface area contributed by atoms with Gasteiger partial charge < -0.3 is 60.3 Å². The van der Waals surface area contributed by atoms with E-state index in [-0.39, 0.29) is 87.1 Å². The molecule has 5 aromatic heterocycles. The van der Waals surface area contributed by atoms with Gasteiger partial charge in [0.25, 0.3) is 19.2 Å². The third-order valence-electron chi connectivity index (χ3n) is 17.0. The van der Waals surface area contributed by atoms with Gasteiger partial charge in [0.1, 0.15) is 0 Å². The number of fused-ring (bicyclic) bond motifs is 5. The van der Waals surface area contributed by atoms with Crippen LogP contribution in [0.5, 0.6) is 29.4 Å². The van der Waals surface area contributed by atoms with Gasteiger partial charge in [-0.2, -0.15) is 33.9 Å². The van der Waals surface area contributed by atoms with E-state index in [1.807, 2.05) is 31.5 Å². The van der Waals surface area contributed by atoms with Crippen molar-refractivity contribution >= 4 is 77.6 Å². The first kappa shape index (κ1) is 102. The molecule has 11 rings (SSSR count). The number of nitrogens with zero attached hydrogens (tertiary/aromatic N) is 10. The summed E-state index contributed by atoms with van der Waals surface area (Å²) >= 11 is 0. The van der Waals surface area contributed by atoms with Crippen LogP contribution in [-0.4, -0.2) is 204 Å². The average molecular weight is 1680 g/mol. The summed E-state index contributed by atoms with van der Waals surface area (Å²) in [6, 6.07) is 1.91. The van der Waals surface area contributed by atoms with Crippen molar-refractivity contribution in [2.75, 3.05) is 79.9 Å². The molecule has 14 N–H and O–H groups in total. The summed E-state index contributed by atoms with van der Waals surface area (Å²) in [4.78, 5) is 31.6. The number of primary sulfonamides is 3. The summed E-state index contributed by atoms with van der Waals surface area (Å²) in [5.74, 6) is 2.90. The van der Waals surface area contributed by atoms with Crippen molar-refractivity contribution in [2.24, 2.45) is 62.8 Å². The number of rotatable bonds is 20. The van der Waals surface area contributed by atoms with Crippen molar-refractivity contribution in [1.29, 1.82) is 0 Å². The van der Waals surface area contributed by atoms with Crippen molar-refractivity contribution in [3.63, 3.8) is 0 Å². The molecule has 6 aliphatic rings. The molecular formula is C64H116ClN15O24S5. The second-order valence-corrected chi connectivity index (χ2v) is 33.6. The maximum atomic E-state index is 11.2. The van der Waals surface area contributed by atoms with E-state index in [1.54, 1.807) is 38.0 Å². The van der Waals surface area contributed by atoms with Crippen LogP contribution in [-0.2, 0) is 110 Å². The van der Waals surface area contributed by atoms with Gasteiger partial charge in [0.2, 0.25) is 59.5 Å². The van der Waals surface area contributed by atoms with Crippen molar-refractivity contribution in [3.05, 3.63) is 49.3 Å². The monoisotopic (exact) mass is 1670 g/mol. The van der Waals surface area contributed by atoms with Crippen molar-refractivity contribution in [3.8, 4) is 29.4 Å². The molecule has 0 aliphatic carbocycles. The van der Waals surface area contributed by atoms with Gasteiger partial charge in [-0.3, -0.25) is 18.6 Å². The summed E-state index contributed by atoms with van der Waals surface area (Å²) in [5.41, 5.74) is 0. The SMILES string of the molecule is C.CCC(C(=O)OC)C(=O)OC.CCC(CC)COS(C)(=O)=O.CCC(CO)CO.CCC1COc2c(S(=O)(=O)Cl)cnn2C1.CCC1COc2c(S(N)(=O)=O)cnn2C1.CCC1COc2ccnn2C1.CC[C@@H]1COc2c(S(N)(=O)=O)cnn2C1.CC[C@H]1COc2c(S(N)(=O)=O)cnn2C1.N.O.O=C1C=CNC1. The number of halogens is 1. The summed E-state index contributed by atoms with van der Waals surface area (Å²) < 4.78 is 159. The van der Waals surface area contributed by atoms with E-state index in [9.17, 15) is 56.5 Å². The number of methoxy groups -OCH3 is 2. The van der Waals surface area contributed by atoms with E-state index < -0.39 is 67.1 Å². The fraction of sp³-hybridized carbons (Fsp3) is 0.688. The molecule has 0 saturated carbocycles. The molecule has 45 heteroatoms. The first-order valence-corrected chi connectivity index (χ1v) is 43.2. The Morgan fingerprint density at radius 1 is 0.541 bits per heavy atom. The summed E-state index contributed by atoms with van der Waals surface area (Å²) in [6.07, 6.45) is 19.2. The van der Waals surface area contributed by atoms with Gasteiger partial charge in [-0.25, -0.2) is 72.5 Å².